The molecule has 66 valence electrons. The van der Waals surface area contributed by atoms with Crippen molar-refractivity contribution < 1.29 is 10.2 Å². The van der Waals surface area contributed by atoms with Gasteiger partial charge in [-0.25, -0.2) is 0 Å². The molecule has 1 fully saturated rings. The van der Waals surface area contributed by atoms with E-state index in [-0.39, 0.29) is 0 Å². The van der Waals surface area contributed by atoms with Crippen molar-refractivity contribution in [3.8, 4) is 0 Å². The first-order valence-corrected chi connectivity index (χ1v) is 4.98. The van der Waals surface area contributed by atoms with Crippen LogP contribution in [0.15, 0.2) is 0 Å². The number of hydrogen-bond acceptors (Lipinski definition) is 4. The Balaban J connectivity index is 2.18. The van der Waals surface area contributed by atoms with Gasteiger partial charge in [-0.05, 0) is 25.0 Å². The number of thioether (sulfide) groups is 1. The molecule has 4 N–H and O–H groups in total. The second-order valence-electron chi connectivity index (χ2n) is 2.95. The topological polar surface area (TPSA) is 66.5 Å². The summed E-state index contributed by atoms with van der Waals surface area (Å²) < 4.78 is 0. The van der Waals surface area contributed by atoms with Crippen molar-refractivity contribution in [3.05, 3.63) is 0 Å². The summed E-state index contributed by atoms with van der Waals surface area (Å²) in [6, 6.07) is -0.467. The smallest absolute Gasteiger partial charge is 0.166 e. The highest BCUT2D eigenvalue weighted by molar-refractivity contribution is 8.00. The summed E-state index contributed by atoms with van der Waals surface area (Å²) >= 11 is 1.89. The van der Waals surface area contributed by atoms with E-state index in [2.05, 4.69) is 0 Å². The Hall–Kier alpha value is 0.230. The van der Waals surface area contributed by atoms with Crippen LogP contribution in [0.4, 0.5) is 0 Å². The van der Waals surface area contributed by atoms with E-state index in [0.29, 0.717) is 5.25 Å². The molecule has 0 aliphatic carbocycles. The standard InChI is InChI=1S/C7H15NO2S/c8-6(7(9)10)4-5-2-1-3-11-5/h5-7,9-10H,1-4,8H2/t5?,6-/m0/s1. The van der Waals surface area contributed by atoms with Crippen LogP contribution in [-0.2, 0) is 0 Å². The zero-order valence-corrected chi connectivity index (χ0v) is 7.26. The highest BCUT2D eigenvalue weighted by Crippen LogP contribution is 2.29. The molecule has 1 unspecified atom stereocenters. The van der Waals surface area contributed by atoms with Crippen LogP contribution in [0.25, 0.3) is 0 Å². The Bertz CT molecular complexity index is 115. The minimum atomic E-state index is -1.35. The molecule has 1 heterocycles. The fraction of sp³-hybridized carbons (Fsp3) is 1.00. The molecule has 11 heavy (non-hydrogen) atoms. The predicted molar refractivity (Wildman–Crippen MR) is 46.3 cm³/mol. The fourth-order valence-corrected chi connectivity index (χ4v) is 2.61. The minimum Gasteiger partial charge on any atom is -0.367 e. The maximum atomic E-state index is 8.70. The molecule has 4 heteroatoms. The fourth-order valence-electron chi connectivity index (χ4n) is 1.26. The van der Waals surface area contributed by atoms with Crippen molar-refractivity contribution in [2.45, 2.75) is 36.8 Å². The summed E-state index contributed by atoms with van der Waals surface area (Å²) in [5, 5.41) is 18.0. The zero-order chi connectivity index (χ0) is 8.27. The van der Waals surface area contributed by atoms with E-state index in [4.69, 9.17) is 15.9 Å². The van der Waals surface area contributed by atoms with E-state index in [9.17, 15) is 0 Å². The molecule has 1 aliphatic heterocycles. The molecule has 0 aromatic carbocycles. The van der Waals surface area contributed by atoms with Crippen LogP contribution in [0.5, 0.6) is 0 Å². The van der Waals surface area contributed by atoms with E-state index in [1.807, 2.05) is 11.8 Å². The van der Waals surface area contributed by atoms with Crippen LogP contribution in [0, 0.1) is 0 Å². The molecule has 1 aliphatic rings. The van der Waals surface area contributed by atoms with Crippen LogP contribution in [0.3, 0.4) is 0 Å². The van der Waals surface area contributed by atoms with Crippen LogP contribution in [-0.4, -0.2) is 33.5 Å². The molecule has 1 saturated heterocycles. The third kappa shape index (κ3) is 2.99. The van der Waals surface area contributed by atoms with E-state index in [0.717, 1.165) is 6.42 Å². The first kappa shape index (κ1) is 9.32. The van der Waals surface area contributed by atoms with Gasteiger partial charge in [0.2, 0.25) is 0 Å². The lowest BCUT2D eigenvalue weighted by Crippen LogP contribution is -2.36. The molecular formula is C7H15NO2S. The van der Waals surface area contributed by atoms with E-state index in [1.165, 1.54) is 18.6 Å². The third-order valence-corrected chi connectivity index (χ3v) is 3.37. The average Bonchev–Trinajstić information content (AvgIpc) is 2.39. The van der Waals surface area contributed by atoms with Gasteiger partial charge in [0.15, 0.2) is 6.29 Å². The maximum Gasteiger partial charge on any atom is 0.166 e. The van der Waals surface area contributed by atoms with Gasteiger partial charge in [-0.1, -0.05) is 0 Å². The SMILES string of the molecule is N[C@@H](CC1CCCS1)C(O)O. The normalized spacial score (nSPS) is 27.8. The average molecular weight is 177 g/mol. The summed E-state index contributed by atoms with van der Waals surface area (Å²) in [5.74, 6) is 1.19. The van der Waals surface area contributed by atoms with Gasteiger partial charge in [0.05, 0.1) is 6.04 Å². The number of aliphatic hydroxyl groups is 2. The molecule has 0 saturated carbocycles. The molecule has 0 radical (unpaired) electrons. The first-order valence-electron chi connectivity index (χ1n) is 3.93. The third-order valence-electron chi connectivity index (χ3n) is 1.94. The summed E-state index contributed by atoms with van der Waals surface area (Å²) in [4.78, 5) is 0. The van der Waals surface area contributed by atoms with Crippen molar-refractivity contribution in [3.63, 3.8) is 0 Å². The minimum absolute atomic E-state index is 0.467. The van der Waals surface area contributed by atoms with Gasteiger partial charge < -0.3 is 15.9 Å². The zero-order valence-electron chi connectivity index (χ0n) is 6.44. The van der Waals surface area contributed by atoms with Gasteiger partial charge >= 0.3 is 0 Å². The van der Waals surface area contributed by atoms with Crippen LogP contribution < -0.4 is 5.73 Å². The molecule has 0 amide bonds. The highest BCUT2D eigenvalue weighted by atomic mass is 32.2. The van der Waals surface area contributed by atoms with Gasteiger partial charge in [0.25, 0.3) is 0 Å². The van der Waals surface area contributed by atoms with Crippen molar-refractivity contribution in [2.24, 2.45) is 5.73 Å². The van der Waals surface area contributed by atoms with Crippen LogP contribution in [0.1, 0.15) is 19.3 Å². The van der Waals surface area contributed by atoms with E-state index < -0.39 is 12.3 Å². The second-order valence-corrected chi connectivity index (χ2v) is 4.36. The first-order chi connectivity index (χ1) is 5.20. The van der Waals surface area contributed by atoms with Crippen molar-refractivity contribution in [1.82, 2.24) is 0 Å². The summed E-state index contributed by atoms with van der Waals surface area (Å²) in [6.45, 7) is 0. The Kier molecular flexibility index (Phi) is 3.65. The Labute approximate surface area is 71.0 Å². The van der Waals surface area contributed by atoms with Gasteiger partial charge in [-0.15, -0.1) is 0 Å². The van der Waals surface area contributed by atoms with Gasteiger partial charge in [-0.2, -0.15) is 11.8 Å². The van der Waals surface area contributed by atoms with E-state index >= 15 is 0 Å². The van der Waals surface area contributed by atoms with Crippen LogP contribution in [0.2, 0.25) is 0 Å². The monoisotopic (exact) mass is 177 g/mol. The quantitative estimate of drug-likeness (QED) is 0.527. The molecule has 0 aromatic rings. The van der Waals surface area contributed by atoms with E-state index in [1.54, 1.807) is 0 Å². The molecular weight excluding hydrogens is 162 g/mol. The summed E-state index contributed by atoms with van der Waals surface area (Å²) in [7, 11) is 0. The number of rotatable bonds is 3. The molecule has 0 spiro atoms. The molecule has 0 bridgehead atoms. The van der Waals surface area contributed by atoms with Crippen LogP contribution >= 0.6 is 11.8 Å². The molecule has 2 atom stereocenters. The highest BCUT2D eigenvalue weighted by Gasteiger charge is 2.21. The number of hydrogen-bond donors (Lipinski definition) is 3. The molecule has 1 rings (SSSR count). The molecule has 3 nitrogen and oxygen atoms in total. The lowest BCUT2D eigenvalue weighted by atomic mass is 10.1. The summed E-state index contributed by atoms with van der Waals surface area (Å²) in [6.07, 6.45) is 1.79. The maximum absolute atomic E-state index is 8.70. The predicted octanol–water partition coefficient (Wildman–Crippen LogP) is -0.0899. The molecule has 0 aromatic heterocycles. The largest absolute Gasteiger partial charge is 0.367 e. The van der Waals surface area contributed by atoms with Gasteiger partial charge in [-0.3, -0.25) is 0 Å². The van der Waals surface area contributed by atoms with Gasteiger partial charge in [0.1, 0.15) is 0 Å². The Morgan fingerprint density at radius 3 is 2.73 bits per heavy atom. The Morgan fingerprint density at radius 2 is 2.27 bits per heavy atom. The van der Waals surface area contributed by atoms with Crippen molar-refractivity contribution in [1.29, 1.82) is 0 Å². The van der Waals surface area contributed by atoms with Crippen molar-refractivity contribution in [2.75, 3.05) is 5.75 Å². The van der Waals surface area contributed by atoms with Crippen molar-refractivity contribution >= 4 is 11.8 Å². The lowest BCUT2D eigenvalue weighted by Gasteiger charge is -2.16. The number of nitrogens with two attached hydrogens (primary N) is 1. The summed E-state index contributed by atoms with van der Waals surface area (Å²) in [5.41, 5.74) is 5.48. The second kappa shape index (κ2) is 4.30. The number of aliphatic hydroxyl groups excluding tert-OH is 1. The Morgan fingerprint density at radius 1 is 1.55 bits per heavy atom. The van der Waals surface area contributed by atoms with Gasteiger partial charge in [0, 0.05) is 5.25 Å². The lowest BCUT2D eigenvalue weighted by molar-refractivity contribution is -0.0595.